The standard InChI is InChI=1S/C30H33N7O6/c1-17-7-23(18-5-6-36-19(8-18)11-26(35-36)34-27-14-32-24(12-33-27)28(38)39)25(13-31-17)42-22-9-20-15-41-16-21(10-22)37(20)29(40)43-30(2,3)4/h5-8,11-14,20-22H,9-10,15-16H2,1-4H3,(H,38,39)(H,33,34,35)/t20-,21+,22?. The number of aromatic carboxylic acids is 1. The largest absolute Gasteiger partial charge is 0.488 e. The summed E-state index contributed by atoms with van der Waals surface area (Å²) < 4.78 is 19.8. The average Bonchev–Trinajstić information content (AvgIpc) is 3.34. The summed E-state index contributed by atoms with van der Waals surface area (Å²) in [7, 11) is 0. The second-order valence-electron chi connectivity index (χ2n) is 11.8. The van der Waals surface area contributed by atoms with Crippen LogP contribution < -0.4 is 10.1 Å². The van der Waals surface area contributed by atoms with E-state index in [2.05, 4.69) is 25.4 Å². The maximum absolute atomic E-state index is 13.0. The summed E-state index contributed by atoms with van der Waals surface area (Å²) in [6.45, 7) is 8.43. The number of ether oxygens (including phenoxy) is 3. The summed E-state index contributed by atoms with van der Waals surface area (Å²) >= 11 is 0. The Balaban J connectivity index is 1.21. The number of nitrogens with zero attached hydrogens (tertiary/aromatic N) is 6. The Kier molecular flexibility index (Phi) is 7.34. The third kappa shape index (κ3) is 6.21. The molecule has 3 atom stereocenters. The van der Waals surface area contributed by atoms with Gasteiger partial charge < -0.3 is 24.6 Å². The van der Waals surface area contributed by atoms with E-state index in [1.165, 1.54) is 12.4 Å². The second kappa shape index (κ2) is 11.1. The number of anilines is 2. The molecule has 0 aromatic carbocycles. The van der Waals surface area contributed by atoms with Crippen molar-refractivity contribution in [2.45, 2.75) is 64.3 Å². The first-order chi connectivity index (χ1) is 20.5. The highest BCUT2D eigenvalue weighted by molar-refractivity contribution is 5.85. The highest BCUT2D eigenvalue weighted by Crippen LogP contribution is 2.36. The minimum Gasteiger partial charge on any atom is -0.488 e. The first kappa shape index (κ1) is 28.3. The van der Waals surface area contributed by atoms with Gasteiger partial charge in [-0.2, -0.15) is 5.10 Å². The number of fused-ring (bicyclic) bond motifs is 3. The fraction of sp³-hybridized carbons (Fsp3) is 0.400. The molecule has 6 heterocycles. The molecule has 2 saturated heterocycles. The van der Waals surface area contributed by atoms with Crippen LogP contribution in [-0.4, -0.2) is 83.6 Å². The van der Waals surface area contributed by atoms with Crippen LogP contribution in [0.2, 0.25) is 0 Å². The normalized spacial score (nSPS) is 20.1. The van der Waals surface area contributed by atoms with Gasteiger partial charge in [-0.3, -0.25) is 9.88 Å². The number of aryl methyl sites for hydroxylation is 1. The monoisotopic (exact) mass is 587 g/mol. The number of carbonyl (C=O) groups excluding carboxylic acids is 1. The molecule has 2 bridgehead atoms. The summed E-state index contributed by atoms with van der Waals surface area (Å²) in [4.78, 5) is 38.3. The molecule has 1 unspecified atom stereocenters. The molecule has 13 nitrogen and oxygen atoms in total. The van der Waals surface area contributed by atoms with Crippen LogP contribution in [0.4, 0.5) is 16.4 Å². The number of aromatic nitrogens is 5. The zero-order valence-electron chi connectivity index (χ0n) is 24.4. The lowest BCUT2D eigenvalue weighted by Gasteiger charge is -2.48. The van der Waals surface area contributed by atoms with Gasteiger partial charge in [0, 0.05) is 36.4 Å². The molecular formula is C30H33N7O6. The molecule has 0 spiro atoms. The number of nitrogens with one attached hydrogen (secondary N) is 1. The number of piperidine rings is 1. The number of pyridine rings is 2. The lowest BCUT2D eigenvalue weighted by atomic mass is 9.92. The van der Waals surface area contributed by atoms with Gasteiger partial charge >= 0.3 is 12.1 Å². The van der Waals surface area contributed by atoms with Gasteiger partial charge in [-0.15, -0.1) is 0 Å². The lowest BCUT2D eigenvalue weighted by molar-refractivity contribution is -0.0993. The van der Waals surface area contributed by atoms with Crippen molar-refractivity contribution >= 4 is 29.2 Å². The molecular weight excluding hydrogens is 554 g/mol. The van der Waals surface area contributed by atoms with Crippen molar-refractivity contribution in [3.05, 3.63) is 60.4 Å². The van der Waals surface area contributed by atoms with Crippen LogP contribution in [0.5, 0.6) is 5.75 Å². The van der Waals surface area contributed by atoms with Crippen LogP contribution in [0.15, 0.2) is 49.1 Å². The molecule has 4 aromatic rings. The van der Waals surface area contributed by atoms with Crippen molar-refractivity contribution in [1.82, 2.24) is 29.5 Å². The first-order valence-corrected chi connectivity index (χ1v) is 14.1. The highest BCUT2D eigenvalue weighted by Gasteiger charge is 2.44. The summed E-state index contributed by atoms with van der Waals surface area (Å²) in [5.41, 5.74) is 2.80. The van der Waals surface area contributed by atoms with E-state index in [0.29, 0.717) is 43.4 Å². The van der Waals surface area contributed by atoms with Crippen LogP contribution in [0, 0.1) is 6.92 Å². The molecule has 2 aliphatic heterocycles. The van der Waals surface area contributed by atoms with E-state index < -0.39 is 11.6 Å². The topological polar surface area (TPSA) is 153 Å². The Hall–Kier alpha value is -4.78. The van der Waals surface area contributed by atoms with Crippen LogP contribution in [0.25, 0.3) is 16.6 Å². The Labute approximate surface area is 247 Å². The van der Waals surface area contributed by atoms with Gasteiger partial charge in [-0.05, 0) is 51.5 Å². The Morgan fingerprint density at radius 2 is 1.79 bits per heavy atom. The van der Waals surface area contributed by atoms with E-state index in [9.17, 15) is 9.59 Å². The fourth-order valence-electron chi connectivity index (χ4n) is 5.48. The summed E-state index contributed by atoms with van der Waals surface area (Å²) in [5.74, 6) is 0.429. The van der Waals surface area contributed by atoms with Gasteiger partial charge in [0.2, 0.25) is 0 Å². The van der Waals surface area contributed by atoms with Crippen molar-refractivity contribution < 1.29 is 28.9 Å². The van der Waals surface area contributed by atoms with Gasteiger partial charge in [0.25, 0.3) is 0 Å². The van der Waals surface area contributed by atoms with Gasteiger partial charge in [-0.1, -0.05) is 0 Å². The lowest BCUT2D eigenvalue weighted by Crippen LogP contribution is -2.61. The smallest absolute Gasteiger partial charge is 0.410 e. The summed E-state index contributed by atoms with van der Waals surface area (Å²) in [6, 6.07) is 7.56. The number of hydrogen-bond acceptors (Lipinski definition) is 10. The SMILES string of the molecule is Cc1cc(-c2ccn3nc(Nc4cnc(C(=O)O)cn4)cc3c2)c(OC2C[C@H]3COC[C@@H](C2)N3C(=O)OC(C)(C)C)cn1. The molecule has 2 fully saturated rings. The summed E-state index contributed by atoms with van der Waals surface area (Å²) in [5, 5.41) is 16.6. The molecule has 6 rings (SSSR count). The Morgan fingerprint density at radius 1 is 1.02 bits per heavy atom. The van der Waals surface area contributed by atoms with Crippen molar-refractivity contribution in [2.75, 3.05) is 18.5 Å². The predicted octanol–water partition coefficient (Wildman–Crippen LogP) is 4.48. The predicted molar refractivity (Wildman–Crippen MR) is 156 cm³/mol. The number of carboxylic acids is 1. The van der Waals surface area contributed by atoms with Crippen LogP contribution >= 0.6 is 0 Å². The van der Waals surface area contributed by atoms with Crippen molar-refractivity contribution in [3.63, 3.8) is 0 Å². The number of morpholine rings is 1. The molecule has 0 radical (unpaired) electrons. The van der Waals surface area contributed by atoms with E-state index in [4.69, 9.17) is 19.3 Å². The van der Waals surface area contributed by atoms with E-state index in [1.807, 2.05) is 63.1 Å². The van der Waals surface area contributed by atoms with Crippen LogP contribution in [0.3, 0.4) is 0 Å². The fourth-order valence-corrected chi connectivity index (χ4v) is 5.48. The van der Waals surface area contributed by atoms with Crippen LogP contribution in [-0.2, 0) is 9.47 Å². The molecule has 4 aromatic heterocycles. The molecule has 224 valence electrons. The zero-order valence-corrected chi connectivity index (χ0v) is 24.4. The number of hydrogen-bond donors (Lipinski definition) is 2. The molecule has 2 N–H and O–H groups in total. The number of carbonyl (C=O) groups is 2. The molecule has 43 heavy (non-hydrogen) atoms. The van der Waals surface area contributed by atoms with Gasteiger partial charge in [0.15, 0.2) is 11.5 Å². The third-order valence-corrected chi connectivity index (χ3v) is 7.28. The third-order valence-electron chi connectivity index (χ3n) is 7.28. The first-order valence-electron chi connectivity index (χ1n) is 14.1. The molecule has 13 heteroatoms. The average molecular weight is 588 g/mol. The van der Waals surface area contributed by atoms with Gasteiger partial charge in [0.05, 0.1) is 49.4 Å². The Bertz CT molecular complexity index is 1650. The van der Waals surface area contributed by atoms with Gasteiger partial charge in [0.1, 0.15) is 23.3 Å². The van der Waals surface area contributed by atoms with E-state index >= 15 is 0 Å². The van der Waals surface area contributed by atoms with Crippen molar-refractivity contribution in [2.24, 2.45) is 0 Å². The molecule has 1 amide bonds. The molecule has 0 saturated carbocycles. The highest BCUT2D eigenvalue weighted by atomic mass is 16.6. The second-order valence-corrected chi connectivity index (χ2v) is 11.8. The number of amides is 1. The Morgan fingerprint density at radius 3 is 2.47 bits per heavy atom. The minimum atomic E-state index is -1.14. The van der Waals surface area contributed by atoms with Crippen molar-refractivity contribution in [1.29, 1.82) is 0 Å². The zero-order chi connectivity index (χ0) is 30.3. The van der Waals surface area contributed by atoms with E-state index in [0.717, 1.165) is 22.3 Å². The minimum absolute atomic E-state index is 0.121. The summed E-state index contributed by atoms with van der Waals surface area (Å²) in [6.07, 6.45) is 6.96. The number of carboxylic acid groups (broad SMARTS) is 1. The van der Waals surface area contributed by atoms with E-state index in [1.54, 1.807) is 10.7 Å². The molecule has 0 aliphatic carbocycles. The van der Waals surface area contributed by atoms with Crippen LogP contribution in [0.1, 0.15) is 49.8 Å². The maximum Gasteiger partial charge on any atom is 0.410 e. The van der Waals surface area contributed by atoms with Crippen molar-refractivity contribution in [3.8, 4) is 16.9 Å². The van der Waals surface area contributed by atoms with E-state index in [-0.39, 0.29) is 30.0 Å². The van der Waals surface area contributed by atoms with Gasteiger partial charge in [-0.25, -0.2) is 24.1 Å². The maximum atomic E-state index is 13.0. The quantitative estimate of drug-likeness (QED) is 0.328. The molecule has 2 aliphatic rings. The number of rotatable bonds is 6.